The van der Waals surface area contributed by atoms with Gasteiger partial charge in [-0.25, -0.2) is 0 Å². The van der Waals surface area contributed by atoms with Crippen molar-refractivity contribution in [2.75, 3.05) is 24.6 Å². The molecule has 1 heterocycles. The minimum absolute atomic E-state index is 0.0685. The zero-order valence-corrected chi connectivity index (χ0v) is 9.35. The molecular weight excluding hydrogens is 210 g/mol. The van der Waals surface area contributed by atoms with Gasteiger partial charge < -0.3 is 19.5 Å². The molecule has 0 saturated carbocycles. The van der Waals surface area contributed by atoms with Gasteiger partial charge in [-0.2, -0.15) is 0 Å². The van der Waals surface area contributed by atoms with Crippen LogP contribution in [0.5, 0.6) is 0 Å². The van der Waals surface area contributed by atoms with E-state index in [2.05, 4.69) is 0 Å². The lowest BCUT2D eigenvalue weighted by atomic mass is 10.2. The molecule has 1 aromatic heterocycles. The maximum atomic E-state index is 10.4. The van der Waals surface area contributed by atoms with Crippen molar-refractivity contribution in [1.29, 1.82) is 0 Å². The Balaban J connectivity index is 2.58. The average molecular weight is 227 g/mol. The van der Waals surface area contributed by atoms with Gasteiger partial charge in [0.2, 0.25) is 0 Å². The lowest BCUT2D eigenvalue weighted by Gasteiger charge is -2.18. The monoisotopic (exact) mass is 227 g/mol. The Hall–Kier alpha value is -1.49. The van der Waals surface area contributed by atoms with Gasteiger partial charge in [0.25, 0.3) is 0 Å². The van der Waals surface area contributed by atoms with Gasteiger partial charge in [-0.1, -0.05) is 0 Å². The number of carbonyl (C=O) groups is 1. The van der Waals surface area contributed by atoms with Crippen LogP contribution in [0, 0.1) is 0 Å². The molecule has 5 nitrogen and oxygen atoms in total. The van der Waals surface area contributed by atoms with Gasteiger partial charge in [-0.05, 0) is 13.0 Å². The zero-order chi connectivity index (χ0) is 12.0. The molecule has 1 rings (SSSR count). The minimum atomic E-state index is -0.833. The summed E-state index contributed by atoms with van der Waals surface area (Å²) < 4.78 is 5.49. The van der Waals surface area contributed by atoms with E-state index in [0.29, 0.717) is 24.6 Å². The van der Waals surface area contributed by atoms with Crippen LogP contribution in [-0.2, 0) is 11.2 Å². The van der Waals surface area contributed by atoms with Gasteiger partial charge in [0.15, 0.2) is 5.88 Å². The summed E-state index contributed by atoms with van der Waals surface area (Å²) in [6, 6.07) is 3.58. The molecule has 0 unspecified atom stereocenters. The van der Waals surface area contributed by atoms with Crippen molar-refractivity contribution < 1.29 is 19.4 Å². The van der Waals surface area contributed by atoms with Crippen LogP contribution in [0.15, 0.2) is 16.5 Å². The van der Waals surface area contributed by atoms with E-state index in [1.54, 1.807) is 12.1 Å². The third-order valence-corrected chi connectivity index (χ3v) is 2.30. The number of rotatable bonds is 7. The third-order valence-electron chi connectivity index (χ3n) is 2.30. The Morgan fingerprint density at radius 1 is 1.50 bits per heavy atom. The first-order valence-corrected chi connectivity index (χ1v) is 5.33. The second kappa shape index (κ2) is 6.17. The number of carboxylic acid groups (broad SMARTS) is 1. The van der Waals surface area contributed by atoms with Crippen LogP contribution in [0.25, 0.3) is 0 Å². The highest BCUT2D eigenvalue weighted by molar-refractivity contribution is 5.66. The van der Waals surface area contributed by atoms with Crippen LogP contribution in [-0.4, -0.2) is 35.9 Å². The van der Waals surface area contributed by atoms with E-state index in [9.17, 15) is 4.79 Å². The molecule has 0 aliphatic rings. The van der Waals surface area contributed by atoms with Gasteiger partial charge in [0.1, 0.15) is 5.76 Å². The number of aliphatic carboxylic acids is 1. The van der Waals surface area contributed by atoms with Crippen molar-refractivity contribution in [3.63, 3.8) is 0 Å². The smallest absolute Gasteiger partial charge is 0.303 e. The Morgan fingerprint density at radius 2 is 2.25 bits per heavy atom. The number of likely N-dealkylation sites (N-methyl/N-ethyl adjacent to an activating group) is 1. The van der Waals surface area contributed by atoms with Crippen LogP contribution in [0.1, 0.15) is 19.1 Å². The lowest BCUT2D eigenvalue weighted by Crippen LogP contribution is -2.25. The summed E-state index contributed by atoms with van der Waals surface area (Å²) in [4.78, 5) is 12.3. The maximum Gasteiger partial charge on any atom is 0.303 e. The van der Waals surface area contributed by atoms with Gasteiger partial charge in [0.05, 0.1) is 13.0 Å². The summed E-state index contributed by atoms with van der Waals surface area (Å²) >= 11 is 0. The van der Waals surface area contributed by atoms with Crippen molar-refractivity contribution in [1.82, 2.24) is 0 Å². The normalized spacial score (nSPS) is 10.4. The predicted molar refractivity (Wildman–Crippen MR) is 59.6 cm³/mol. The van der Waals surface area contributed by atoms with Crippen molar-refractivity contribution in [3.8, 4) is 0 Å². The van der Waals surface area contributed by atoms with E-state index < -0.39 is 5.97 Å². The van der Waals surface area contributed by atoms with E-state index >= 15 is 0 Å². The summed E-state index contributed by atoms with van der Waals surface area (Å²) in [6.45, 7) is 3.29. The number of hydrogen-bond acceptors (Lipinski definition) is 4. The molecule has 1 aromatic rings. The Kier molecular flexibility index (Phi) is 4.85. The fourth-order valence-electron chi connectivity index (χ4n) is 1.45. The van der Waals surface area contributed by atoms with Crippen LogP contribution < -0.4 is 4.90 Å². The standard InChI is InChI=1S/C11H17NO4/c1-2-12(7-8-13)10-5-3-9(16-10)4-6-11(14)15/h3,5,13H,2,4,6-8H2,1H3,(H,14,15). The molecule has 90 valence electrons. The molecule has 0 spiro atoms. The number of nitrogens with zero attached hydrogens (tertiary/aromatic N) is 1. The van der Waals surface area contributed by atoms with Crippen LogP contribution in [0.3, 0.4) is 0 Å². The summed E-state index contributed by atoms with van der Waals surface area (Å²) in [7, 11) is 0. The first kappa shape index (κ1) is 12.6. The van der Waals surface area contributed by atoms with Crippen LogP contribution in [0.4, 0.5) is 5.88 Å². The highest BCUT2D eigenvalue weighted by Gasteiger charge is 2.09. The van der Waals surface area contributed by atoms with Crippen LogP contribution in [0.2, 0.25) is 0 Å². The second-order valence-electron chi connectivity index (χ2n) is 3.44. The van der Waals surface area contributed by atoms with Gasteiger partial charge >= 0.3 is 5.97 Å². The molecule has 5 heteroatoms. The van der Waals surface area contributed by atoms with E-state index in [-0.39, 0.29) is 13.0 Å². The van der Waals surface area contributed by atoms with E-state index in [4.69, 9.17) is 14.6 Å². The molecular formula is C11H17NO4. The van der Waals surface area contributed by atoms with Gasteiger partial charge in [-0.15, -0.1) is 0 Å². The fraction of sp³-hybridized carbons (Fsp3) is 0.545. The molecule has 0 aliphatic carbocycles. The van der Waals surface area contributed by atoms with Crippen LogP contribution >= 0.6 is 0 Å². The average Bonchev–Trinajstić information content (AvgIpc) is 2.71. The molecule has 0 fully saturated rings. The van der Waals surface area contributed by atoms with E-state index in [0.717, 1.165) is 6.54 Å². The number of aliphatic hydroxyl groups is 1. The molecule has 0 bridgehead atoms. The van der Waals surface area contributed by atoms with Crippen molar-refractivity contribution in [2.45, 2.75) is 19.8 Å². The number of furan rings is 1. The molecule has 2 N–H and O–H groups in total. The second-order valence-corrected chi connectivity index (χ2v) is 3.44. The SMILES string of the molecule is CCN(CCO)c1ccc(CCC(=O)O)o1. The third kappa shape index (κ3) is 3.58. The van der Waals surface area contributed by atoms with Gasteiger partial charge in [-0.3, -0.25) is 4.79 Å². The molecule has 0 saturated heterocycles. The Bertz CT molecular complexity index is 334. The lowest BCUT2D eigenvalue weighted by molar-refractivity contribution is -0.137. The number of anilines is 1. The molecule has 0 aliphatic heterocycles. The van der Waals surface area contributed by atoms with Crippen molar-refractivity contribution in [3.05, 3.63) is 17.9 Å². The topological polar surface area (TPSA) is 73.9 Å². The molecule has 0 radical (unpaired) electrons. The Morgan fingerprint density at radius 3 is 2.81 bits per heavy atom. The molecule has 0 amide bonds. The number of carboxylic acids is 1. The first-order chi connectivity index (χ1) is 7.67. The van der Waals surface area contributed by atoms with E-state index in [1.807, 2.05) is 11.8 Å². The molecule has 16 heavy (non-hydrogen) atoms. The molecule has 0 atom stereocenters. The van der Waals surface area contributed by atoms with Gasteiger partial charge in [0, 0.05) is 25.6 Å². The summed E-state index contributed by atoms with van der Waals surface area (Å²) in [5.41, 5.74) is 0. The minimum Gasteiger partial charge on any atom is -0.481 e. The summed E-state index contributed by atoms with van der Waals surface area (Å²) in [6.07, 6.45) is 0.463. The number of aliphatic hydroxyl groups excluding tert-OH is 1. The number of hydrogen-bond donors (Lipinski definition) is 2. The largest absolute Gasteiger partial charge is 0.481 e. The zero-order valence-electron chi connectivity index (χ0n) is 9.35. The first-order valence-electron chi connectivity index (χ1n) is 5.33. The van der Waals surface area contributed by atoms with Crippen molar-refractivity contribution in [2.24, 2.45) is 0 Å². The highest BCUT2D eigenvalue weighted by atomic mass is 16.4. The summed E-state index contributed by atoms with van der Waals surface area (Å²) in [5.74, 6) is 0.506. The predicted octanol–water partition coefficient (Wildman–Crippen LogP) is 1.12. The quantitative estimate of drug-likeness (QED) is 0.730. The summed E-state index contributed by atoms with van der Waals surface area (Å²) in [5, 5.41) is 17.4. The highest BCUT2D eigenvalue weighted by Crippen LogP contribution is 2.19. The number of aryl methyl sites for hydroxylation is 1. The maximum absolute atomic E-state index is 10.4. The van der Waals surface area contributed by atoms with Crippen molar-refractivity contribution >= 4 is 11.9 Å². The fourth-order valence-corrected chi connectivity index (χ4v) is 1.45. The Labute approximate surface area is 94.3 Å². The van der Waals surface area contributed by atoms with E-state index in [1.165, 1.54) is 0 Å². The molecule has 0 aromatic carbocycles.